The molecule has 0 aliphatic carbocycles. The smallest absolute Gasteiger partial charge is 0.143 e. The Hall–Kier alpha value is -3.99. The molecule has 0 saturated carbocycles. The Kier molecular flexibility index (Phi) is 9.47. The minimum absolute atomic E-state index is 0.522. The zero-order valence-electron chi connectivity index (χ0n) is 24.7. The summed E-state index contributed by atoms with van der Waals surface area (Å²) >= 11 is 5.87. The number of nitrogens with zero attached hydrogens (tertiary/aromatic N) is 1. The van der Waals surface area contributed by atoms with E-state index in [0.29, 0.717) is 25.7 Å². The van der Waals surface area contributed by atoms with Gasteiger partial charge < -0.3 is 18.6 Å². The number of unbranched alkanes of at least 4 members (excludes halogenated alkanes) is 2. The average molecular weight is 592 g/mol. The number of rotatable bonds is 15. The van der Waals surface area contributed by atoms with Gasteiger partial charge in [-0.3, -0.25) is 0 Å². The number of pyridine rings is 1. The van der Waals surface area contributed by atoms with Crippen LogP contribution in [-0.2, 0) is 31.0 Å². The SMILES string of the molecule is CCc1c(-c2ccc(OCc3ccccc3)cc2)c2c(COCCCCCCl)cc3c(OCc4ccccc4)ccc1n32. The predicted molar refractivity (Wildman–Crippen MR) is 177 cm³/mol. The maximum absolute atomic E-state index is 6.41. The summed E-state index contributed by atoms with van der Waals surface area (Å²) in [4.78, 5) is 0. The molecular weight excluding hydrogens is 554 g/mol. The van der Waals surface area contributed by atoms with Crippen molar-refractivity contribution >= 4 is 28.2 Å². The van der Waals surface area contributed by atoms with E-state index in [2.05, 4.69) is 78.1 Å². The summed E-state index contributed by atoms with van der Waals surface area (Å²) in [7, 11) is 0. The van der Waals surface area contributed by atoms with E-state index >= 15 is 0 Å². The second-order valence-corrected chi connectivity index (χ2v) is 11.3. The van der Waals surface area contributed by atoms with E-state index in [-0.39, 0.29) is 0 Å². The lowest BCUT2D eigenvalue weighted by Gasteiger charge is -2.10. The van der Waals surface area contributed by atoms with Crippen LogP contribution >= 0.6 is 11.6 Å². The summed E-state index contributed by atoms with van der Waals surface area (Å²) in [6.45, 7) is 4.58. The molecule has 5 heteroatoms. The zero-order chi connectivity index (χ0) is 29.4. The van der Waals surface area contributed by atoms with E-state index in [1.807, 2.05) is 36.4 Å². The van der Waals surface area contributed by atoms with Crippen molar-refractivity contribution in [2.24, 2.45) is 0 Å². The fraction of sp³-hybridized carbons (Fsp3) is 0.263. The first-order valence-corrected chi connectivity index (χ1v) is 15.8. The Balaban J connectivity index is 1.34. The van der Waals surface area contributed by atoms with Crippen molar-refractivity contribution in [3.8, 4) is 22.6 Å². The number of alkyl halides is 1. The maximum atomic E-state index is 6.41. The molecule has 0 bridgehead atoms. The summed E-state index contributed by atoms with van der Waals surface area (Å²) in [5.74, 6) is 2.44. The third kappa shape index (κ3) is 6.51. The van der Waals surface area contributed by atoms with E-state index in [9.17, 15) is 0 Å². The molecule has 6 rings (SSSR count). The van der Waals surface area contributed by atoms with Gasteiger partial charge in [0.15, 0.2) is 0 Å². The molecule has 0 aliphatic heterocycles. The van der Waals surface area contributed by atoms with Gasteiger partial charge in [-0.05, 0) is 78.3 Å². The van der Waals surface area contributed by atoms with Crippen molar-refractivity contribution in [3.63, 3.8) is 0 Å². The lowest BCUT2D eigenvalue weighted by Crippen LogP contribution is -1.97. The van der Waals surface area contributed by atoms with E-state index in [1.165, 1.54) is 33.3 Å². The molecule has 0 atom stereocenters. The molecule has 220 valence electrons. The second-order valence-electron chi connectivity index (χ2n) is 10.9. The van der Waals surface area contributed by atoms with Crippen LogP contribution in [0.15, 0.2) is 103 Å². The molecule has 6 aromatic rings. The Labute approximate surface area is 259 Å². The summed E-state index contributed by atoms with van der Waals surface area (Å²) in [5, 5.41) is 0. The Morgan fingerprint density at radius 2 is 1.37 bits per heavy atom. The van der Waals surface area contributed by atoms with Gasteiger partial charge >= 0.3 is 0 Å². The molecule has 3 aromatic heterocycles. The van der Waals surface area contributed by atoms with Crippen LogP contribution in [0.3, 0.4) is 0 Å². The van der Waals surface area contributed by atoms with Crippen molar-refractivity contribution in [3.05, 3.63) is 125 Å². The van der Waals surface area contributed by atoms with Gasteiger partial charge in [-0.1, -0.05) is 79.7 Å². The van der Waals surface area contributed by atoms with Crippen molar-refractivity contribution in [1.29, 1.82) is 0 Å². The number of ether oxygens (including phenoxy) is 3. The summed E-state index contributed by atoms with van der Waals surface area (Å²) in [5.41, 5.74) is 10.7. The van der Waals surface area contributed by atoms with Crippen LogP contribution in [0.4, 0.5) is 0 Å². The fourth-order valence-electron chi connectivity index (χ4n) is 5.84. The lowest BCUT2D eigenvalue weighted by atomic mass is 9.98. The lowest BCUT2D eigenvalue weighted by molar-refractivity contribution is 0.118. The number of benzene rings is 3. The Bertz CT molecular complexity index is 1730. The molecule has 0 fully saturated rings. The van der Waals surface area contributed by atoms with E-state index in [1.54, 1.807) is 0 Å². The highest BCUT2D eigenvalue weighted by Crippen LogP contribution is 2.42. The highest BCUT2D eigenvalue weighted by molar-refractivity contribution is 6.17. The van der Waals surface area contributed by atoms with E-state index in [0.717, 1.165) is 60.4 Å². The quantitative estimate of drug-likeness (QED) is 0.0879. The Morgan fingerprint density at radius 1 is 0.674 bits per heavy atom. The first-order chi connectivity index (χ1) is 21.3. The molecule has 0 unspecified atom stereocenters. The fourth-order valence-corrected chi connectivity index (χ4v) is 6.03. The van der Waals surface area contributed by atoms with Crippen molar-refractivity contribution in [2.75, 3.05) is 12.5 Å². The van der Waals surface area contributed by atoms with Crippen LogP contribution in [0.1, 0.15) is 48.4 Å². The molecule has 0 saturated heterocycles. The van der Waals surface area contributed by atoms with E-state index in [4.69, 9.17) is 25.8 Å². The first kappa shape index (κ1) is 29.1. The van der Waals surface area contributed by atoms with Gasteiger partial charge in [0, 0.05) is 23.6 Å². The number of halogens is 1. The highest BCUT2D eigenvalue weighted by Gasteiger charge is 2.23. The van der Waals surface area contributed by atoms with Crippen LogP contribution in [0.25, 0.3) is 27.7 Å². The molecule has 0 spiro atoms. The van der Waals surface area contributed by atoms with Crippen LogP contribution in [-0.4, -0.2) is 16.9 Å². The first-order valence-electron chi connectivity index (χ1n) is 15.3. The van der Waals surface area contributed by atoms with Gasteiger partial charge in [-0.2, -0.15) is 0 Å². The monoisotopic (exact) mass is 591 g/mol. The molecule has 4 nitrogen and oxygen atoms in total. The predicted octanol–water partition coefficient (Wildman–Crippen LogP) is 9.84. The van der Waals surface area contributed by atoms with Gasteiger partial charge in [-0.15, -0.1) is 11.6 Å². The highest BCUT2D eigenvalue weighted by atomic mass is 35.5. The molecule has 43 heavy (non-hydrogen) atoms. The van der Waals surface area contributed by atoms with Gasteiger partial charge in [-0.25, -0.2) is 0 Å². The van der Waals surface area contributed by atoms with E-state index < -0.39 is 0 Å². The van der Waals surface area contributed by atoms with Crippen LogP contribution in [0.5, 0.6) is 11.5 Å². The number of aromatic nitrogens is 1. The molecule has 0 aliphatic rings. The molecule has 3 heterocycles. The topological polar surface area (TPSA) is 32.1 Å². The van der Waals surface area contributed by atoms with Crippen molar-refractivity contribution < 1.29 is 14.2 Å². The van der Waals surface area contributed by atoms with Crippen LogP contribution in [0, 0.1) is 0 Å². The standard InChI is InChI=1S/C38H38ClNO3/c1-2-33-34-20-21-36(43-26-29-14-8-4-9-15-29)35-24-31(27-41-23-11-5-10-22-39)38(40(34)35)37(33)30-16-18-32(19-17-30)42-25-28-12-6-3-7-13-28/h3-4,6-9,12-21,24H,2,5,10-11,22-23,25-27H2,1H3. The minimum Gasteiger partial charge on any atom is -0.489 e. The normalized spacial score (nSPS) is 11.5. The molecule has 0 radical (unpaired) electrons. The minimum atomic E-state index is 0.522. The van der Waals surface area contributed by atoms with Crippen LogP contribution in [0.2, 0.25) is 0 Å². The molecular formula is C38H38ClNO3. The Morgan fingerprint density at radius 3 is 2.05 bits per heavy atom. The summed E-state index contributed by atoms with van der Waals surface area (Å²) in [6.07, 6.45) is 4.04. The van der Waals surface area contributed by atoms with Gasteiger partial charge in [0.2, 0.25) is 0 Å². The average Bonchev–Trinajstić information content (AvgIpc) is 3.60. The van der Waals surface area contributed by atoms with Gasteiger partial charge in [0.05, 0.1) is 23.2 Å². The number of aryl methyl sites for hydroxylation is 1. The van der Waals surface area contributed by atoms with Crippen molar-refractivity contribution in [2.45, 2.75) is 52.4 Å². The number of hydrogen-bond donors (Lipinski definition) is 0. The molecule has 0 N–H and O–H groups in total. The van der Waals surface area contributed by atoms with Gasteiger partial charge in [0.1, 0.15) is 24.7 Å². The number of hydrogen-bond acceptors (Lipinski definition) is 3. The summed E-state index contributed by atoms with van der Waals surface area (Å²) < 4.78 is 21.1. The summed E-state index contributed by atoms with van der Waals surface area (Å²) in [6, 6.07) is 35.7. The van der Waals surface area contributed by atoms with Crippen molar-refractivity contribution in [1.82, 2.24) is 4.40 Å². The maximum Gasteiger partial charge on any atom is 0.143 e. The molecule has 0 amide bonds. The second kappa shape index (κ2) is 14.0. The largest absolute Gasteiger partial charge is 0.489 e. The third-order valence-electron chi connectivity index (χ3n) is 7.98. The van der Waals surface area contributed by atoms with Gasteiger partial charge in [0.25, 0.3) is 0 Å². The molecule has 3 aromatic carbocycles. The third-order valence-corrected chi connectivity index (χ3v) is 8.24. The zero-order valence-corrected chi connectivity index (χ0v) is 25.5. The van der Waals surface area contributed by atoms with Crippen LogP contribution < -0.4 is 9.47 Å².